The minimum atomic E-state index is -0.263. The van der Waals surface area contributed by atoms with Gasteiger partial charge in [-0.2, -0.15) is 5.10 Å². The normalized spacial score (nSPS) is 12.6. The highest BCUT2D eigenvalue weighted by molar-refractivity contribution is 6.32. The smallest absolute Gasteiger partial charge is 0.271 e. The third-order valence-electron chi connectivity index (χ3n) is 3.22. The van der Waals surface area contributed by atoms with Crippen molar-refractivity contribution < 1.29 is 14.3 Å². The van der Waals surface area contributed by atoms with Gasteiger partial charge in [0.25, 0.3) is 5.91 Å². The Kier molecular flexibility index (Phi) is 3.98. The summed E-state index contributed by atoms with van der Waals surface area (Å²) >= 11 is 6.08. The maximum absolute atomic E-state index is 12.0. The fraction of sp³-hybridized carbons (Fsp3) is 0.125. The number of hydrogen-bond donors (Lipinski definition) is 1. The molecule has 0 unspecified atom stereocenters. The fourth-order valence-electron chi connectivity index (χ4n) is 2.12. The molecule has 2 aromatic rings. The van der Waals surface area contributed by atoms with E-state index >= 15 is 0 Å². The van der Waals surface area contributed by atoms with Crippen molar-refractivity contribution in [3.8, 4) is 11.5 Å². The lowest BCUT2D eigenvalue weighted by molar-refractivity contribution is 0.0954. The third-order valence-corrected chi connectivity index (χ3v) is 3.50. The Morgan fingerprint density at radius 1 is 1.32 bits per heavy atom. The highest BCUT2D eigenvalue weighted by Gasteiger charge is 2.17. The van der Waals surface area contributed by atoms with Gasteiger partial charge in [0.1, 0.15) is 0 Å². The molecule has 0 radical (unpaired) electrons. The van der Waals surface area contributed by atoms with Gasteiger partial charge in [-0.25, -0.2) is 5.43 Å². The monoisotopic (exact) mass is 316 g/mol. The average molecular weight is 317 g/mol. The second-order valence-corrected chi connectivity index (χ2v) is 5.16. The average Bonchev–Trinajstić information content (AvgIpc) is 2.96. The minimum Gasteiger partial charge on any atom is -0.454 e. The third kappa shape index (κ3) is 2.89. The molecule has 112 valence electrons. The van der Waals surface area contributed by atoms with Crippen molar-refractivity contribution in [2.75, 3.05) is 6.79 Å². The minimum absolute atomic E-state index is 0.152. The number of hydrazone groups is 1. The predicted molar refractivity (Wildman–Crippen MR) is 83.8 cm³/mol. The van der Waals surface area contributed by atoms with E-state index < -0.39 is 0 Å². The molecule has 5 nitrogen and oxygen atoms in total. The predicted octanol–water partition coefficient (Wildman–Crippen LogP) is 3.14. The van der Waals surface area contributed by atoms with Crippen molar-refractivity contribution in [1.82, 2.24) is 5.43 Å². The van der Waals surface area contributed by atoms with E-state index in [1.807, 2.05) is 25.1 Å². The molecule has 0 aromatic heterocycles. The van der Waals surface area contributed by atoms with Crippen molar-refractivity contribution in [2.24, 2.45) is 5.10 Å². The number of carbonyl (C=O) groups is 1. The number of aryl methyl sites for hydroxylation is 1. The van der Waals surface area contributed by atoms with Gasteiger partial charge in [0.05, 0.1) is 11.2 Å². The lowest BCUT2D eigenvalue weighted by atomic mass is 10.1. The zero-order chi connectivity index (χ0) is 15.5. The van der Waals surface area contributed by atoms with E-state index in [0.717, 1.165) is 5.56 Å². The highest BCUT2D eigenvalue weighted by atomic mass is 35.5. The summed E-state index contributed by atoms with van der Waals surface area (Å²) in [6.07, 6.45) is 1.50. The van der Waals surface area contributed by atoms with Crippen LogP contribution in [0.2, 0.25) is 5.02 Å². The number of amides is 1. The number of carbonyl (C=O) groups excluding carboxylic acids is 1. The molecule has 1 aliphatic rings. The van der Waals surface area contributed by atoms with E-state index in [4.69, 9.17) is 21.1 Å². The molecule has 22 heavy (non-hydrogen) atoms. The van der Waals surface area contributed by atoms with Gasteiger partial charge in [0, 0.05) is 5.56 Å². The van der Waals surface area contributed by atoms with Gasteiger partial charge in [0.2, 0.25) is 6.79 Å². The van der Waals surface area contributed by atoms with Crippen molar-refractivity contribution in [2.45, 2.75) is 6.92 Å². The topological polar surface area (TPSA) is 59.9 Å². The summed E-state index contributed by atoms with van der Waals surface area (Å²) in [5.74, 6) is 0.836. The summed E-state index contributed by atoms with van der Waals surface area (Å²) < 4.78 is 10.5. The fourth-order valence-corrected chi connectivity index (χ4v) is 2.39. The Bertz CT molecular complexity index is 759. The number of nitrogens with zero attached hydrogens (tertiary/aromatic N) is 1. The molecular weight excluding hydrogens is 304 g/mol. The van der Waals surface area contributed by atoms with E-state index in [2.05, 4.69) is 10.5 Å². The molecule has 0 atom stereocenters. The number of hydrogen-bond acceptors (Lipinski definition) is 4. The van der Waals surface area contributed by atoms with E-state index in [0.29, 0.717) is 27.6 Å². The maximum Gasteiger partial charge on any atom is 0.271 e. The number of benzene rings is 2. The summed E-state index contributed by atoms with van der Waals surface area (Å²) in [5.41, 5.74) is 4.68. The standard InChI is InChI=1S/C16H13ClN2O3/c1-10-4-2-3-5-12(10)16(20)19-18-8-11-6-13(17)15-14(7-11)21-9-22-15/h2-8H,9H2,1H3,(H,19,20)/b18-8-. The van der Waals surface area contributed by atoms with Crippen LogP contribution in [-0.4, -0.2) is 18.9 Å². The second kappa shape index (κ2) is 6.07. The number of fused-ring (bicyclic) bond motifs is 1. The molecule has 3 rings (SSSR count). The summed E-state index contributed by atoms with van der Waals surface area (Å²) in [4.78, 5) is 12.0. The molecule has 0 aliphatic carbocycles. The summed E-state index contributed by atoms with van der Waals surface area (Å²) in [7, 11) is 0. The van der Waals surface area contributed by atoms with Gasteiger partial charge in [-0.3, -0.25) is 4.79 Å². The van der Waals surface area contributed by atoms with Crippen LogP contribution >= 0.6 is 11.6 Å². The first-order chi connectivity index (χ1) is 10.6. The van der Waals surface area contributed by atoms with Gasteiger partial charge in [0.15, 0.2) is 11.5 Å². The lowest BCUT2D eigenvalue weighted by Crippen LogP contribution is -2.18. The van der Waals surface area contributed by atoms with Crippen LogP contribution < -0.4 is 14.9 Å². The van der Waals surface area contributed by atoms with Gasteiger partial charge in [-0.1, -0.05) is 29.8 Å². The number of ether oxygens (including phenoxy) is 2. The Morgan fingerprint density at radius 3 is 2.95 bits per heavy atom. The lowest BCUT2D eigenvalue weighted by Gasteiger charge is -2.03. The zero-order valence-electron chi connectivity index (χ0n) is 11.8. The first-order valence-electron chi connectivity index (χ1n) is 6.63. The van der Waals surface area contributed by atoms with Crippen molar-refractivity contribution in [1.29, 1.82) is 0 Å². The van der Waals surface area contributed by atoms with E-state index in [-0.39, 0.29) is 12.7 Å². The van der Waals surface area contributed by atoms with E-state index in [1.165, 1.54) is 6.21 Å². The molecule has 0 saturated heterocycles. The van der Waals surface area contributed by atoms with Crippen LogP contribution in [-0.2, 0) is 0 Å². The Labute approximate surface area is 132 Å². The van der Waals surface area contributed by atoms with Crippen LogP contribution in [0, 0.1) is 6.92 Å². The van der Waals surface area contributed by atoms with Crippen molar-refractivity contribution in [3.05, 3.63) is 58.1 Å². The van der Waals surface area contributed by atoms with Crippen LogP contribution in [0.1, 0.15) is 21.5 Å². The molecule has 6 heteroatoms. The number of rotatable bonds is 3. The molecule has 0 fully saturated rings. The Morgan fingerprint density at radius 2 is 2.14 bits per heavy atom. The van der Waals surface area contributed by atoms with Crippen LogP contribution in [0.5, 0.6) is 11.5 Å². The highest BCUT2D eigenvalue weighted by Crippen LogP contribution is 2.39. The van der Waals surface area contributed by atoms with Gasteiger partial charge in [-0.15, -0.1) is 0 Å². The molecule has 2 aromatic carbocycles. The molecule has 0 spiro atoms. The van der Waals surface area contributed by atoms with Gasteiger partial charge < -0.3 is 9.47 Å². The molecule has 0 saturated carbocycles. The molecule has 1 aliphatic heterocycles. The number of nitrogens with one attached hydrogen (secondary N) is 1. The molecular formula is C16H13ClN2O3. The quantitative estimate of drug-likeness (QED) is 0.699. The SMILES string of the molecule is Cc1ccccc1C(=O)N/N=C\c1cc(Cl)c2c(c1)OCO2. The molecule has 1 amide bonds. The number of halogens is 1. The van der Waals surface area contributed by atoms with E-state index in [1.54, 1.807) is 18.2 Å². The van der Waals surface area contributed by atoms with Gasteiger partial charge in [-0.05, 0) is 36.2 Å². The summed E-state index contributed by atoms with van der Waals surface area (Å²) in [6.45, 7) is 2.02. The van der Waals surface area contributed by atoms with Crippen LogP contribution in [0.4, 0.5) is 0 Å². The molecule has 1 heterocycles. The van der Waals surface area contributed by atoms with Crippen molar-refractivity contribution in [3.63, 3.8) is 0 Å². The first kappa shape index (κ1) is 14.4. The van der Waals surface area contributed by atoms with Crippen LogP contribution in [0.25, 0.3) is 0 Å². The van der Waals surface area contributed by atoms with Crippen molar-refractivity contribution >= 4 is 23.7 Å². The van der Waals surface area contributed by atoms with Gasteiger partial charge >= 0.3 is 0 Å². The Hall–Kier alpha value is -2.53. The van der Waals surface area contributed by atoms with Crippen LogP contribution in [0.15, 0.2) is 41.5 Å². The van der Waals surface area contributed by atoms with E-state index in [9.17, 15) is 4.79 Å². The molecule has 0 bridgehead atoms. The molecule has 1 N–H and O–H groups in total. The Balaban J connectivity index is 1.72. The second-order valence-electron chi connectivity index (χ2n) is 4.75. The maximum atomic E-state index is 12.0. The largest absolute Gasteiger partial charge is 0.454 e. The first-order valence-corrected chi connectivity index (χ1v) is 7.01. The summed E-state index contributed by atoms with van der Waals surface area (Å²) in [5, 5.41) is 4.39. The van der Waals surface area contributed by atoms with Crippen LogP contribution in [0.3, 0.4) is 0 Å². The summed E-state index contributed by atoms with van der Waals surface area (Å²) in [6, 6.07) is 10.7. The zero-order valence-corrected chi connectivity index (χ0v) is 12.6.